The lowest BCUT2D eigenvalue weighted by Crippen LogP contribution is -2.08. The van der Waals surface area contributed by atoms with Crippen molar-refractivity contribution >= 4 is 0 Å². The predicted octanol–water partition coefficient (Wildman–Crippen LogP) is 2.87. The van der Waals surface area contributed by atoms with Crippen LogP contribution in [-0.2, 0) is 13.0 Å². The Bertz CT molecular complexity index is 614. The maximum Gasteiger partial charge on any atom is 0.322 e. The Morgan fingerprint density at radius 1 is 1.24 bits per heavy atom. The van der Waals surface area contributed by atoms with Gasteiger partial charge in [-0.3, -0.25) is 0 Å². The fraction of sp³-hybridized carbons (Fsp3) is 0.375. The fourth-order valence-corrected chi connectivity index (χ4v) is 2.00. The van der Waals surface area contributed by atoms with Crippen LogP contribution in [0.3, 0.4) is 0 Å². The van der Waals surface area contributed by atoms with E-state index in [0.717, 1.165) is 24.2 Å². The molecule has 0 unspecified atom stereocenters. The van der Waals surface area contributed by atoms with E-state index in [2.05, 4.69) is 22.2 Å². The van der Waals surface area contributed by atoms with E-state index in [1.165, 1.54) is 5.56 Å². The predicted molar refractivity (Wildman–Crippen MR) is 82.0 cm³/mol. The van der Waals surface area contributed by atoms with Crippen LogP contribution in [0.15, 0.2) is 24.4 Å². The molecule has 21 heavy (non-hydrogen) atoms. The first-order valence-electron chi connectivity index (χ1n) is 6.99. The Labute approximate surface area is 125 Å². The summed E-state index contributed by atoms with van der Waals surface area (Å²) in [7, 11) is 3.52. The van der Waals surface area contributed by atoms with Gasteiger partial charge in [0.05, 0.1) is 7.11 Å². The molecule has 0 aliphatic carbocycles. The first-order chi connectivity index (χ1) is 10.2. The molecule has 2 aromatic rings. The topological polar surface area (TPSA) is 56.3 Å². The van der Waals surface area contributed by atoms with E-state index < -0.39 is 0 Å². The van der Waals surface area contributed by atoms with Gasteiger partial charge in [0.15, 0.2) is 11.5 Å². The molecule has 1 heterocycles. The summed E-state index contributed by atoms with van der Waals surface area (Å²) in [6.45, 7) is 4.78. The number of rotatable bonds is 6. The van der Waals surface area contributed by atoms with Crippen LogP contribution in [0.4, 0.5) is 0 Å². The summed E-state index contributed by atoms with van der Waals surface area (Å²) in [6, 6.07) is 6.20. The molecule has 0 fully saturated rings. The molecule has 1 aromatic carbocycles. The molecular weight excluding hydrogens is 266 g/mol. The first kappa shape index (κ1) is 15.3. The molecule has 0 atom stereocenters. The van der Waals surface area contributed by atoms with Gasteiger partial charge in [0.2, 0.25) is 0 Å². The van der Waals surface area contributed by atoms with Gasteiger partial charge in [0.25, 0.3) is 0 Å². The first-order valence-corrected chi connectivity index (χ1v) is 6.99. The molecule has 0 amide bonds. The molecule has 112 valence electrons. The van der Waals surface area contributed by atoms with Crippen molar-refractivity contribution < 1.29 is 9.47 Å². The lowest BCUT2D eigenvalue weighted by molar-refractivity contribution is 0.367. The second kappa shape index (κ2) is 7.04. The summed E-state index contributed by atoms with van der Waals surface area (Å²) in [6.07, 6.45) is 2.73. The van der Waals surface area contributed by atoms with Crippen LogP contribution in [0.2, 0.25) is 0 Å². The van der Waals surface area contributed by atoms with E-state index in [1.54, 1.807) is 13.3 Å². The number of methoxy groups -OCH3 is 1. The minimum absolute atomic E-state index is 0.329. The summed E-state index contributed by atoms with van der Waals surface area (Å²) < 4.78 is 11.1. The molecule has 1 aromatic heterocycles. The molecule has 5 nitrogen and oxygen atoms in total. The average Bonchev–Trinajstić information content (AvgIpc) is 2.50. The van der Waals surface area contributed by atoms with Crippen LogP contribution in [0, 0.1) is 6.92 Å². The van der Waals surface area contributed by atoms with Crippen LogP contribution in [0.25, 0.3) is 0 Å². The van der Waals surface area contributed by atoms with E-state index in [-0.39, 0.29) is 0 Å². The minimum atomic E-state index is 0.329. The molecule has 0 saturated heterocycles. The smallest absolute Gasteiger partial charge is 0.322 e. The van der Waals surface area contributed by atoms with Gasteiger partial charge < -0.3 is 14.8 Å². The average molecular weight is 287 g/mol. The van der Waals surface area contributed by atoms with Gasteiger partial charge in [-0.15, -0.1) is 0 Å². The van der Waals surface area contributed by atoms with E-state index in [9.17, 15) is 0 Å². The van der Waals surface area contributed by atoms with Crippen molar-refractivity contribution in [3.05, 3.63) is 41.2 Å². The van der Waals surface area contributed by atoms with Crippen LogP contribution in [-0.4, -0.2) is 24.1 Å². The Morgan fingerprint density at radius 3 is 2.67 bits per heavy atom. The van der Waals surface area contributed by atoms with Gasteiger partial charge in [-0.05, 0) is 38.1 Å². The highest BCUT2D eigenvalue weighted by atomic mass is 16.5. The molecule has 2 rings (SSSR count). The molecule has 1 N–H and O–H groups in total. The second-order valence-corrected chi connectivity index (χ2v) is 4.73. The third kappa shape index (κ3) is 3.70. The van der Waals surface area contributed by atoms with Gasteiger partial charge in [-0.25, -0.2) is 4.98 Å². The molecule has 0 aliphatic heterocycles. The Morgan fingerprint density at radius 2 is 2.05 bits per heavy atom. The van der Waals surface area contributed by atoms with Crippen LogP contribution < -0.4 is 14.8 Å². The highest BCUT2D eigenvalue weighted by molar-refractivity contribution is 5.44. The van der Waals surface area contributed by atoms with Crippen LogP contribution >= 0.6 is 0 Å². The molecule has 0 radical (unpaired) electrons. The Kier molecular flexibility index (Phi) is 5.11. The largest absolute Gasteiger partial charge is 0.493 e. The quantitative estimate of drug-likeness (QED) is 0.885. The van der Waals surface area contributed by atoms with E-state index in [4.69, 9.17) is 9.47 Å². The minimum Gasteiger partial charge on any atom is -0.493 e. The number of aromatic nitrogens is 2. The number of nitrogens with zero attached hydrogens (tertiary/aromatic N) is 2. The van der Waals surface area contributed by atoms with Gasteiger partial charge in [0, 0.05) is 24.0 Å². The number of hydrogen-bond donors (Lipinski definition) is 1. The summed E-state index contributed by atoms with van der Waals surface area (Å²) in [5.41, 5.74) is 3.15. The lowest BCUT2D eigenvalue weighted by Gasteiger charge is -2.11. The maximum absolute atomic E-state index is 5.75. The molecule has 5 heteroatoms. The summed E-state index contributed by atoms with van der Waals surface area (Å²) in [5.74, 6) is 1.31. The van der Waals surface area contributed by atoms with Gasteiger partial charge in [-0.1, -0.05) is 13.0 Å². The summed E-state index contributed by atoms with van der Waals surface area (Å²) >= 11 is 0. The van der Waals surface area contributed by atoms with Gasteiger partial charge >= 0.3 is 6.01 Å². The zero-order valence-corrected chi connectivity index (χ0v) is 12.9. The normalized spacial score (nSPS) is 10.5. The van der Waals surface area contributed by atoms with Crippen molar-refractivity contribution in [1.29, 1.82) is 0 Å². The number of aryl methyl sites for hydroxylation is 2. The van der Waals surface area contributed by atoms with Crippen molar-refractivity contribution in [1.82, 2.24) is 15.3 Å². The Balaban J connectivity index is 2.23. The van der Waals surface area contributed by atoms with Crippen LogP contribution in [0.5, 0.6) is 17.5 Å². The van der Waals surface area contributed by atoms with E-state index >= 15 is 0 Å². The monoisotopic (exact) mass is 287 g/mol. The maximum atomic E-state index is 5.75. The standard InChI is InChI=1S/C16H21N3O2/c1-5-12-6-7-14(15(8-12)20-4)21-16-18-10-13(9-17-3)11(2)19-16/h6-8,10,17H,5,9H2,1-4H3. The zero-order valence-electron chi connectivity index (χ0n) is 12.9. The summed E-state index contributed by atoms with van der Waals surface area (Å²) in [4.78, 5) is 8.62. The molecule has 0 aliphatic rings. The summed E-state index contributed by atoms with van der Waals surface area (Å²) in [5, 5.41) is 3.08. The second-order valence-electron chi connectivity index (χ2n) is 4.73. The number of benzene rings is 1. The highest BCUT2D eigenvalue weighted by Crippen LogP contribution is 2.31. The number of ether oxygens (including phenoxy) is 2. The zero-order chi connectivity index (χ0) is 15.2. The third-order valence-corrected chi connectivity index (χ3v) is 3.26. The molecule has 0 saturated carbocycles. The fourth-order valence-electron chi connectivity index (χ4n) is 2.00. The van der Waals surface area contributed by atoms with Crippen molar-refractivity contribution in [3.8, 4) is 17.5 Å². The number of hydrogen-bond acceptors (Lipinski definition) is 5. The Hall–Kier alpha value is -2.14. The SMILES string of the molecule is CCc1ccc(Oc2ncc(CNC)c(C)n2)c(OC)c1. The number of nitrogens with one attached hydrogen (secondary N) is 1. The van der Waals surface area contributed by atoms with Gasteiger partial charge in [-0.2, -0.15) is 4.98 Å². The molecule has 0 spiro atoms. The van der Waals surface area contributed by atoms with Crippen molar-refractivity contribution in [3.63, 3.8) is 0 Å². The van der Waals surface area contributed by atoms with E-state index in [1.807, 2.05) is 32.2 Å². The van der Waals surface area contributed by atoms with Crippen molar-refractivity contribution in [2.75, 3.05) is 14.2 Å². The molecular formula is C16H21N3O2. The van der Waals surface area contributed by atoms with E-state index in [0.29, 0.717) is 17.5 Å². The van der Waals surface area contributed by atoms with Gasteiger partial charge in [0.1, 0.15) is 0 Å². The highest BCUT2D eigenvalue weighted by Gasteiger charge is 2.09. The third-order valence-electron chi connectivity index (χ3n) is 3.26. The van der Waals surface area contributed by atoms with Crippen LogP contribution in [0.1, 0.15) is 23.7 Å². The van der Waals surface area contributed by atoms with Crippen molar-refractivity contribution in [2.45, 2.75) is 26.8 Å². The van der Waals surface area contributed by atoms with Crippen molar-refractivity contribution in [2.24, 2.45) is 0 Å². The molecule has 0 bridgehead atoms. The lowest BCUT2D eigenvalue weighted by atomic mass is 10.1.